The van der Waals surface area contributed by atoms with Crippen molar-refractivity contribution in [1.29, 1.82) is 5.26 Å². The van der Waals surface area contributed by atoms with Gasteiger partial charge in [0.2, 0.25) is 0 Å². The van der Waals surface area contributed by atoms with Gasteiger partial charge in [-0.25, -0.2) is 14.6 Å². The number of anilines is 1. The summed E-state index contributed by atoms with van der Waals surface area (Å²) in [7, 11) is 4.08. The van der Waals surface area contributed by atoms with Gasteiger partial charge in [0, 0.05) is 31.7 Å². The molecule has 1 fully saturated rings. The van der Waals surface area contributed by atoms with Crippen LogP contribution in [0.2, 0.25) is 0 Å². The molecular weight excluding hydrogens is 268 g/mol. The number of hydrogen-bond donors (Lipinski definition) is 0. The molecule has 2 atom stereocenters. The van der Waals surface area contributed by atoms with Crippen LogP contribution in [0.4, 0.5) is 5.82 Å². The molecule has 0 spiro atoms. The average Bonchev–Trinajstić information content (AvgIpc) is 3.16. The lowest BCUT2D eigenvalue weighted by molar-refractivity contribution is 0.243. The molecule has 0 aliphatic carbocycles. The summed E-state index contributed by atoms with van der Waals surface area (Å²) in [5, 5.41) is 17.2. The Morgan fingerprint density at radius 3 is 2.71 bits per heavy atom. The van der Waals surface area contributed by atoms with Crippen LogP contribution in [0.15, 0.2) is 24.8 Å². The van der Waals surface area contributed by atoms with Gasteiger partial charge in [-0.15, -0.1) is 5.10 Å². The van der Waals surface area contributed by atoms with E-state index in [1.165, 1.54) is 6.20 Å². The van der Waals surface area contributed by atoms with Gasteiger partial charge in [0.15, 0.2) is 11.5 Å². The van der Waals surface area contributed by atoms with E-state index in [9.17, 15) is 5.26 Å². The number of nitriles is 1. The molecule has 0 saturated carbocycles. The molecule has 0 N–H and O–H groups in total. The number of aromatic nitrogens is 5. The molecule has 2 aromatic rings. The molecule has 3 rings (SSSR count). The fraction of sp³-hybridized carbons (Fsp3) is 0.462. The van der Waals surface area contributed by atoms with E-state index in [0.29, 0.717) is 11.5 Å². The highest BCUT2D eigenvalue weighted by Crippen LogP contribution is 2.28. The molecule has 1 saturated heterocycles. The Bertz CT molecular complexity index is 644. The minimum absolute atomic E-state index is 0.163. The first-order valence-corrected chi connectivity index (χ1v) is 6.69. The second kappa shape index (κ2) is 5.46. The van der Waals surface area contributed by atoms with Crippen molar-refractivity contribution in [2.24, 2.45) is 0 Å². The van der Waals surface area contributed by atoms with Gasteiger partial charge >= 0.3 is 0 Å². The van der Waals surface area contributed by atoms with E-state index in [1.807, 2.05) is 25.0 Å². The topological polar surface area (TPSA) is 86.8 Å². The largest absolute Gasteiger partial charge is 0.350 e. The van der Waals surface area contributed by atoms with Gasteiger partial charge in [-0.1, -0.05) is 5.21 Å². The van der Waals surface area contributed by atoms with Crippen LogP contribution in [0.25, 0.3) is 0 Å². The summed E-state index contributed by atoms with van der Waals surface area (Å²) in [4.78, 5) is 12.7. The summed E-state index contributed by atoms with van der Waals surface area (Å²) in [6, 6.07) is 2.53. The third-order valence-electron chi connectivity index (χ3n) is 3.79. The van der Waals surface area contributed by atoms with Crippen molar-refractivity contribution in [3.63, 3.8) is 0 Å². The Kier molecular flexibility index (Phi) is 3.50. The first-order valence-electron chi connectivity index (χ1n) is 6.69. The molecule has 0 unspecified atom stereocenters. The zero-order valence-corrected chi connectivity index (χ0v) is 12.0. The highest BCUT2D eigenvalue weighted by atomic mass is 15.5. The predicted molar refractivity (Wildman–Crippen MR) is 75.5 cm³/mol. The van der Waals surface area contributed by atoms with Crippen molar-refractivity contribution in [3.05, 3.63) is 30.5 Å². The molecule has 0 aromatic carbocycles. The van der Waals surface area contributed by atoms with E-state index < -0.39 is 0 Å². The van der Waals surface area contributed by atoms with Crippen LogP contribution in [0.1, 0.15) is 11.7 Å². The van der Waals surface area contributed by atoms with Crippen molar-refractivity contribution in [3.8, 4) is 6.07 Å². The van der Waals surface area contributed by atoms with E-state index >= 15 is 0 Å². The second-order valence-electron chi connectivity index (χ2n) is 5.23. The molecule has 8 heteroatoms. The molecule has 108 valence electrons. The normalized spacial score (nSPS) is 21.7. The number of nitrogens with zero attached hydrogens (tertiary/aromatic N) is 8. The van der Waals surface area contributed by atoms with Crippen molar-refractivity contribution in [2.75, 3.05) is 32.1 Å². The number of likely N-dealkylation sites (N-methyl/N-ethyl adjacent to an activating group) is 1. The fourth-order valence-corrected chi connectivity index (χ4v) is 2.75. The molecule has 0 bridgehead atoms. The monoisotopic (exact) mass is 284 g/mol. The van der Waals surface area contributed by atoms with Gasteiger partial charge < -0.3 is 9.80 Å². The van der Waals surface area contributed by atoms with Crippen molar-refractivity contribution >= 4 is 5.82 Å². The Hall–Kier alpha value is -2.53. The third kappa shape index (κ3) is 2.43. The van der Waals surface area contributed by atoms with Crippen LogP contribution in [-0.4, -0.2) is 63.1 Å². The average molecular weight is 284 g/mol. The van der Waals surface area contributed by atoms with Crippen LogP contribution >= 0.6 is 0 Å². The summed E-state index contributed by atoms with van der Waals surface area (Å²) in [5.41, 5.74) is 0.356. The Morgan fingerprint density at radius 2 is 2.05 bits per heavy atom. The van der Waals surface area contributed by atoms with Gasteiger partial charge in [0.25, 0.3) is 0 Å². The minimum Gasteiger partial charge on any atom is -0.350 e. The van der Waals surface area contributed by atoms with Crippen LogP contribution in [0.5, 0.6) is 0 Å². The molecule has 1 aliphatic rings. The van der Waals surface area contributed by atoms with Gasteiger partial charge in [0.05, 0.1) is 18.3 Å². The Balaban J connectivity index is 1.92. The highest BCUT2D eigenvalue weighted by Gasteiger charge is 2.37. The van der Waals surface area contributed by atoms with E-state index in [2.05, 4.69) is 36.1 Å². The predicted octanol–water partition coefficient (Wildman–Crippen LogP) is -0.0687. The third-order valence-corrected chi connectivity index (χ3v) is 3.79. The van der Waals surface area contributed by atoms with Crippen LogP contribution in [0, 0.1) is 11.3 Å². The molecule has 2 aromatic heterocycles. The first-order chi connectivity index (χ1) is 10.2. The number of hydrogen-bond acceptors (Lipinski definition) is 7. The maximum absolute atomic E-state index is 9.19. The van der Waals surface area contributed by atoms with Crippen molar-refractivity contribution in [1.82, 2.24) is 29.9 Å². The summed E-state index contributed by atoms with van der Waals surface area (Å²) in [6.45, 7) is 1.49. The zero-order valence-electron chi connectivity index (χ0n) is 12.0. The quantitative estimate of drug-likeness (QED) is 0.779. The summed E-state index contributed by atoms with van der Waals surface area (Å²) >= 11 is 0. The summed E-state index contributed by atoms with van der Waals surface area (Å²) in [6.07, 6.45) is 6.70. The van der Waals surface area contributed by atoms with E-state index in [0.717, 1.165) is 13.1 Å². The van der Waals surface area contributed by atoms with Gasteiger partial charge in [-0.3, -0.25) is 0 Å². The van der Waals surface area contributed by atoms with Crippen LogP contribution in [-0.2, 0) is 0 Å². The van der Waals surface area contributed by atoms with E-state index in [-0.39, 0.29) is 12.1 Å². The van der Waals surface area contributed by atoms with Gasteiger partial charge in [0.1, 0.15) is 6.07 Å². The summed E-state index contributed by atoms with van der Waals surface area (Å²) in [5.74, 6) is 0.634. The first kappa shape index (κ1) is 13.5. The standard InChI is InChI=1S/C13H16N8/c1-19(2)11-8-20(9-12(11)21-6-5-17-18-21)13-10(7-14)15-3-4-16-13/h3-6,11-12H,8-9H2,1-2H3/t11-,12+/m1/s1. The Labute approximate surface area is 122 Å². The summed E-state index contributed by atoms with van der Waals surface area (Å²) < 4.78 is 1.87. The molecule has 0 radical (unpaired) electrons. The lowest BCUT2D eigenvalue weighted by atomic mass is 10.1. The maximum Gasteiger partial charge on any atom is 0.183 e. The molecule has 0 amide bonds. The molecular formula is C13H16N8. The molecule has 3 heterocycles. The van der Waals surface area contributed by atoms with Crippen LogP contribution < -0.4 is 4.90 Å². The van der Waals surface area contributed by atoms with Gasteiger partial charge in [-0.2, -0.15) is 5.26 Å². The SMILES string of the molecule is CN(C)[C@@H]1CN(c2nccnc2C#N)C[C@@H]1n1ccnn1. The number of rotatable bonds is 3. The van der Waals surface area contributed by atoms with Crippen molar-refractivity contribution in [2.45, 2.75) is 12.1 Å². The van der Waals surface area contributed by atoms with Gasteiger partial charge in [-0.05, 0) is 14.1 Å². The maximum atomic E-state index is 9.19. The lowest BCUT2D eigenvalue weighted by Crippen LogP contribution is -2.36. The molecule has 1 aliphatic heterocycles. The zero-order chi connectivity index (χ0) is 14.8. The lowest BCUT2D eigenvalue weighted by Gasteiger charge is -2.24. The minimum atomic E-state index is 0.163. The smallest absolute Gasteiger partial charge is 0.183 e. The fourth-order valence-electron chi connectivity index (χ4n) is 2.75. The van der Waals surface area contributed by atoms with Crippen molar-refractivity contribution < 1.29 is 0 Å². The van der Waals surface area contributed by atoms with E-state index in [4.69, 9.17) is 0 Å². The molecule has 21 heavy (non-hydrogen) atoms. The van der Waals surface area contributed by atoms with Crippen LogP contribution in [0.3, 0.4) is 0 Å². The van der Waals surface area contributed by atoms with E-state index in [1.54, 1.807) is 12.4 Å². The Morgan fingerprint density at radius 1 is 1.24 bits per heavy atom. The second-order valence-corrected chi connectivity index (χ2v) is 5.23. The molecule has 8 nitrogen and oxygen atoms in total. The highest BCUT2D eigenvalue weighted by molar-refractivity contribution is 5.50.